The van der Waals surface area contributed by atoms with E-state index in [1.807, 2.05) is 12.1 Å². The maximum atomic E-state index is 11.6. The number of hydrogen-bond donors (Lipinski definition) is 0. The first-order chi connectivity index (χ1) is 11.4. The molecule has 0 spiro atoms. The van der Waals surface area contributed by atoms with E-state index in [0.717, 1.165) is 0 Å². The number of nitriles is 2. The van der Waals surface area contributed by atoms with Gasteiger partial charge in [-0.05, 0) is 27.7 Å². The van der Waals surface area contributed by atoms with Crippen molar-refractivity contribution in [3.63, 3.8) is 0 Å². The molecule has 0 radical (unpaired) electrons. The lowest BCUT2D eigenvalue weighted by molar-refractivity contribution is -0.144. The molecule has 0 aromatic carbocycles. The van der Waals surface area contributed by atoms with Crippen molar-refractivity contribution in [2.45, 2.75) is 52.6 Å². The lowest BCUT2D eigenvalue weighted by atomic mass is 10.0. The molecule has 0 fully saturated rings. The molecule has 8 nitrogen and oxygen atoms in total. The molecule has 0 amide bonds. The number of carbonyl (C=O) groups excluding carboxylic acids is 2. The van der Waals surface area contributed by atoms with Crippen molar-refractivity contribution in [1.29, 1.82) is 10.5 Å². The van der Waals surface area contributed by atoms with Crippen LogP contribution in [-0.2, 0) is 19.1 Å². The number of carbonyl (C=O) groups is 2. The van der Waals surface area contributed by atoms with Gasteiger partial charge in [-0.3, -0.25) is 9.59 Å². The van der Waals surface area contributed by atoms with Gasteiger partial charge >= 0.3 is 11.9 Å². The highest BCUT2D eigenvalue weighted by Gasteiger charge is 2.24. The average molecular weight is 336 g/mol. The molecular weight excluding hydrogens is 312 g/mol. The van der Waals surface area contributed by atoms with Crippen LogP contribution < -0.4 is 0 Å². The molecule has 0 N–H and O–H groups in total. The number of rotatable bonds is 10. The number of azo groups is 1. The maximum absolute atomic E-state index is 11.6. The van der Waals surface area contributed by atoms with Gasteiger partial charge in [-0.2, -0.15) is 20.8 Å². The smallest absolute Gasteiger partial charge is 0.308 e. The lowest BCUT2D eigenvalue weighted by Crippen LogP contribution is -2.23. The molecule has 0 aromatic heterocycles. The van der Waals surface area contributed by atoms with Gasteiger partial charge in [-0.25, -0.2) is 0 Å². The van der Waals surface area contributed by atoms with Crippen LogP contribution in [0.25, 0.3) is 0 Å². The van der Waals surface area contributed by atoms with Gasteiger partial charge in [0.2, 0.25) is 0 Å². The largest absolute Gasteiger partial charge is 0.466 e. The Morgan fingerprint density at radius 3 is 1.46 bits per heavy atom. The van der Waals surface area contributed by atoms with E-state index in [-0.39, 0.29) is 26.1 Å². The Morgan fingerprint density at radius 1 is 0.875 bits per heavy atom. The quantitative estimate of drug-likeness (QED) is 0.445. The Kier molecular flexibility index (Phi) is 10.8. The van der Waals surface area contributed by atoms with Gasteiger partial charge < -0.3 is 9.47 Å². The summed E-state index contributed by atoms with van der Waals surface area (Å²) in [6, 6.07) is 2.66. The highest BCUT2D eigenvalue weighted by atomic mass is 16.5. The predicted octanol–water partition coefficient (Wildman–Crippen LogP) is 2.40. The highest BCUT2D eigenvalue weighted by molar-refractivity contribution is 5.70. The van der Waals surface area contributed by atoms with Crippen LogP contribution in [0.15, 0.2) is 10.2 Å². The summed E-state index contributed by atoms with van der Waals surface area (Å²) in [5.74, 6) is -2.06. The van der Waals surface area contributed by atoms with Crippen molar-refractivity contribution in [2.75, 3.05) is 13.2 Å². The summed E-state index contributed by atoms with van der Waals surface area (Å²) < 4.78 is 9.72. The summed E-state index contributed by atoms with van der Waals surface area (Å²) in [5, 5.41) is 26.2. The molecular formula is C16H24N4O4. The molecule has 24 heavy (non-hydrogen) atoms. The summed E-state index contributed by atoms with van der Waals surface area (Å²) >= 11 is 0. The number of esters is 2. The van der Waals surface area contributed by atoms with Crippen LogP contribution >= 0.6 is 0 Å². The topological polar surface area (TPSA) is 125 Å². The van der Waals surface area contributed by atoms with Crippen LogP contribution in [-0.4, -0.2) is 37.2 Å². The monoisotopic (exact) mass is 336 g/mol. The van der Waals surface area contributed by atoms with Crippen molar-refractivity contribution in [2.24, 2.45) is 22.1 Å². The van der Waals surface area contributed by atoms with Gasteiger partial charge in [-0.1, -0.05) is 0 Å². The summed E-state index contributed by atoms with van der Waals surface area (Å²) in [7, 11) is 0. The molecule has 0 aliphatic heterocycles. The van der Waals surface area contributed by atoms with E-state index < -0.39 is 35.9 Å². The third-order valence-electron chi connectivity index (χ3n) is 3.29. The summed E-state index contributed by atoms with van der Waals surface area (Å²) in [5.41, 5.74) is 0. The van der Waals surface area contributed by atoms with Crippen molar-refractivity contribution in [3.05, 3.63) is 0 Å². The zero-order chi connectivity index (χ0) is 18.5. The van der Waals surface area contributed by atoms with Gasteiger partial charge in [0.25, 0.3) is 0 Å². The van der Waals surface area contributed by atoms with E-state index in [1.165, 1.54) is 0 Å². The molecule has 4 atom stereocenters. The molecule has 132 valence electrons. The van der Waals surface area contributed by atoms with Gasteiger partial charge in [0.05, 0.1) is 62.1 Å². The van der Waals surface area contributed by atoms with Crippen LogP contribution in [0.3, 0.4) is 0 Å². The minimum atomic E-state index is -0.690. The second-order valence-corrected chi connectivity index (χ2v) is 5.22. The Hall–Kier alpha value is -2.48. The third-order valence-corrected chi connectivity index (χ3v) is 3.29. The standard InChI is InChI=1S/C16H24N4O4/c1-5-23-15(21)7-13(11(3)9-17)19-20-14(12(4)10-18)8-16(22)24-6-2/h11-14H,5-8H2,1-4H3. The molecule has 0 aromatic rings. The van der Waals surface area contributed by atoms with Crippen molar-refractivity contribution >= 4 is 11.9 Å². The molecule has 0 heterocycles. The fourth-order valence-corrected chi connectivity index (χ4v) is 1.76. The summed E-state index contributed by atoms with van der Waals surface area (Å²) in [6.45, 7) is 7.09. The van der Waals surface area contributed by atoms with Crippen molar-refractivity contribution in [1.82, 2.24) is 0 Å². The minimum Gasteiger partial charge on any atom is -0.466 e. The fraction of sp³-hybridized carbons (Fsp3) is 0.750. The second kappa shape index (κ2) is 12.0. The average Bonchev–Trinajstić information content (AvgIpc) is 2.56. The molecule has 0 saturated heterocycles. The van der Waals surface area contributed by atoms with Crippen LogP contribution in [0.1, 0.15) is 40.5 Å². The Labute approximate surface area is 142 Å². The van der Waals surface area contributed by atoms with Crippen LogP contribution in [0, 0.1) is 34.5 Å². The molecule has 0 bridgehead atoms. The number of nitrogens with zero attached hydrogens (tertiary/aromatic N) is 4. The zero-order valence-corrected chi connectivity index (χ0v) is 14.6. The van der Waals surface area contributed by atoms with Crippen LogP contribution in [0.5, 0.6) is 0 Å². The fourth-order valence-electron chi connectivity index (χ4n) is 1.76. The zero-order valence-electron chi connectivity index (χ0n) is 14.6. The predicted molar refractivity (Wildman–Crippen MR) is 84.5 cm³/mol. The summed E-state index contributed by atoms with van der Waals surface area (Å²) in [6.07, 6.45) is -0.168. The molecule has 8 heteroatoms. The van der Waals surface area contributed by atoms with Gasteiger partial charge in [0.1, 0.15) is 0 Å². The summed E-state index contributed by atoms with van der Waals surface area (Å²) in [4.78, 5) is 23.2. The second-order valence-electron chi connectivity index (χ2n) is 5.22. The van der Waals surface area contributed by atoms with E-state index in [9.17, 15) is 9.59 Å². The Morgan fingerprint density at radius 2 is 1.21 bits per heavy atom. The normalized spacial score (nSPS) is 15.6. The van der Waals surface area contributed by atoms with E-state index in [2.05, 4.69) is 10.2 Å². The first-order valence-corrected chi connectivity index (χ1v) is 7.89. The van der Waals surface area contributed by atoms with Crippen molar-refractivity contribution < 1.29 is 19.1 Å². The Bertz CT molecular complexity index is 475. The van der Waals surface area contributed by atoms with Crippen LogP contribution in [0.2, 0.25) is 0 Å². The number of ether oxygens (including phenoxy) is 2. The molecule has 0 saturated carbocycles. The molecule has 0 aliphatic rings. The van der Waals surface area contributed by atoms with Gasteiger partial charge in [0.15, 0.2) is 0 Å². The van der Waals surface area contributed by atoms with Crippen LogP contribution in [0.4, 0.5) is 0 Å². The molecule has 4 unspecified atom stereocenters. The first-order valence-electron chi connectivity index (χ1n) is 7.89. The Balaban J connectivity index is 5.13. The molecule has 0 aliphatic carbocycles. The van der Waals surface area contributed by atoms with E-state index in [1.54, 1.807) is 27.7 Å². The van der Waals surface area contributed by atoms with Gasteiger partial charge in [0, 0.05) is 0 Å². The SMILES string of the molecule is CCOC(=O)CC(N=NC(CC(=O)OCC)C(C)C#N)C(C)C#N. The van der Waals surface area contributed by atoms with Crippen molar-refractivity contribution in [3.8, 4) is 12.1 Å². The lowest BCUT2D eigenvalue weighted by Gasteiger charge is -2.16. The number of hydrogen-bond acceptors (Lipinski definition) is 8. The third kappa shape index (κ3) is 8.23. The van der Waals surface area contributed by atoms with E-state index >= 15 is 0 Å². The first kappa shape index (κ1) is 21.5. The van der Waals surface area contributed by atoms with Gasteiger partial charge in [-0.15, -0.1) is 0 Å². The highest BCUT2D eigenvalue weighted by Crippen LogP contribution is 2.17. The van der Waals surface area contributed by atoms with E-state index in [4.69, 9.17) is 20.0 Å². The maximum Gasteiger partial charge on any atom is 0.308 e. The molecule has 0 rings (SSSR count). The minimum absolute atomic E-state index is 0.0842. The van der Waals surface area contributed by atoms with E-state index in [0.29, 0.717) is 0 Å².